The van der Waals surface area contributed by atoms with Gasteiger partial charge in [0.2, 0.25) is 5.90 Å². The van der Waals surface area contributed by atoms with E-state index in [2.05, 4.69) is 15.0 Å². The van der Waals surface area contributed by atoms with Gasteiger partial charge in [0.1, 0.15) is 0 Å². The third-order valence-corrected chi connectivity index (χ3v) is 10.6. The van der Waals surface area contributed by atoms with E-state index >= 15 is 0 Å². The number of aromatic nitrogens is 2. The van der Waals surface area contributed by atoms with Crippen LogP contribution < -0.4 is 27.1 Å². The zero-order valence-electron chi connectivity index (χ0n) is 26.9. The zero-order chi connectivity index (χ0) is 36.4. The van der Waals surface area contributed by atoms with E-state index < -0.39 is 27.1 Å². The van der Waals surface area contributed by atoms with Gasteiger partial charge in [-0.1, -0.05) is 83.9 Å². The molecule has 10 rings (SSSR count). The van der Waals surface area contributed by atoms with Gasteiger partial charge in [-0.2, -0.15) is 0 Å². The number of H-pyrrole nitrogens is 2. The molecule has 3 N–H and O–H groups in total. The van der Waals surface area contributed by atoms with Crippen molar-refractivity contribution >= 4 is 121 Å². The molecular formula is C42H19Cl2N3O6. The summed E-state index contributed by atoms with van der Waals surface area (Å²) < 4.78 is 0. The number of aliphatic imine (C=N–C) groups is 1. The van der Waals surface area contributed by atoms with E-state index in [1.54, 1.807) is 72.8 Å². The first-order valence-electron chi connectivity index (χ1n) is 16.4. The van der Waals surface area contributed by atoms with Gasteiger partial charge >= 0.3 is 0 Å². The number of aliphatic hydroxyl groups excluding tert-OH is 1. The van der Waals surface area contributed by atoms with Crippen LogP contribution in [0.5, 0.6) is 0 Å². The van der Waals surface area contributed by atoms with Gasteiger partial charge in [0.05, 0.1) is 59.7 Å². The number of fused-ring (bicyclic) bond motifs is 13. The average molecular weight is 733 g/mol. The van der Waals surface area contributed by atoms with Crippen molar-refractivity contribution in [3.63, 3.8) is 0 Å². The summed E-state index contributed by atoms with van der Waals surface area (Å²) in [5.74, 6) is -0.325. The number of pyridine rings is 1. The first-order valence-corrected chi connectivity index (χ1v) is 17.1. The molecule has 0 aliphatic carbocycles. The molecule has 0 fully saturated rings. The number of aliphatic hydroxyl groups is 1. The Balaban J connectivity index is 1.43. The quantitative estimate of drug-likeness (QED) is 0.0706. The molecule has 0 saturated carbocycles. The molecule has 8 aromatic carbocycles. The Morgan fingerprint density at radius 2 is 1.00 bits per heavy atom. The smallest absolute Gasteiger partial charge is 0.218 e. The Kier molecular flexibility index (Phi) is 6.40. The van der Waals surface area contributed by atoms with Gasteiger partial charge in [-0.25, -0.2) is 4.99 Å². The number of aromatic amines is 2. The molecule has 11 heteroatoms. The minimum atomic E-state index is -0.508. The summed E-state index contributed by atoms with van der Waals surface area (Å²) in [7, 11) is 0. The van der Waals surface area contributed by atoms with Gasteiger partial charge in [-0.15, -0.1) is 0 Å². The van der Waals surface area contributed by atoms with Crippen LogP contribution in [0.4, 0.5) is 5.69 Å². The first-order chi connectivity index (χ1) is 25.6. The second-order valence-electron chi connectivity index (χ2n) is 12.9. The molecular weight excluding hydrogens is 713 g/mol. The molecule has 0 spiro atoms. The zero-order valence-corrected chi connectivity index (χ0v) is 28.4. The summed E-state index contributed by atoms with van der Waals surface area (Å²) in [6, 6.07) is 25.7. The lowest BCUT2D eigenvalue weighted by molar-refractivity contribution is 0.555. The summed E-state index contributed by atoms with van der Waals surface area (Å²) in [6.45, 7) is 0. The van der Waals surface area contributed by atoms with Crippen LogP contribution in [0.25, 0.3) is 86.7 Å². The summed E-state index contributed by atoms with van der Waals surface area (Å²) in [5, 5.41) is 12.6. The lowest BCUT2D eigenvalue weighted by Gasteiger charge is -2.11. The van der Waals surface area contributed by atoms with Crippen LogP contribution in [0.2, 0.25) is 10.0 Å². The number of nitrogens with zero attached hydrogens (tertiary/aromatic N) is 1. The molecule has 0 aliphatic rings. The highest BCUT2D eigenvalue weighted by Crippen LogP contribution is 2.39. The Labute approximate surface area is 304 Å². The molecule has 0 atom stereocenters. The van der Waals surface area contributed by atoms with E-state index in [1.165, 1.54) is 24.3 Å². The van der Waals surface area contributed by atoms with Gasteiger partial charge in [0.25, 0.3) is 0 Å². The summed E-state index contributed by atoms with van der Waals surface area (Å²) in [5.41, 5.74) is -1.19. The highest BCUT2D eigenvalue weighted by Gasteiger charge is 2.26. The molecule has 53 heavy (non-hydrogen) atoms. The van der Waals surface area contributed by atoms with Crippen molar-refractivity contribution in [2.24, 2.45) is 4.99 Å². The molecule has 0 radical (unpaired) electrons. The Bertz CT molecular complexity index is 3660. The monoisotopic (exact) mass is 731 g/mol. The second-order valence-corrected chi connectivity index (χ2v) is 13.8. The van der Waals surface area contributed by atoms with Crippen molar-refractivity contribution in [3.8, 4) is 0 Å². The summed E-state index contributed by atoms with van der Waals surface area (Å²) in [6.07, 6.45) is 0. The van der Waals surface area contributed by atoms with Gasteiger partial charge in [-0.3, -0.25) is 24.0 Å². The highest BCUT2D eigenvalue weighted by molar-refractivity contribution is 6.40. The molecule has 10 aromatic rings. The molecule has 9 nitrogen and oxygen atoms in total. The second kappa shape index (κ2) is 10.9. The summed E-state index contributed by atoms with van der Waals surface area (Å²) >= 11 is 12.9. The molecule has 0 saturated heterocycles. The Hall–Kier alpha value is -6.68. The van der Waals surface area contributed by atoms with Crippen LogP contribution in [-0.4, -0.2) is 21.0 Å². The summed E-state index contributed by atoms with van der Waals surface area (Å²) in [4.78, 5) is 82.8. The minimum Gasteiger partial charge on any atom is -0.493 e. The maximum atomic E-state index is 14.6. The maximum Gasteiger partial charge on any atom is 0.218 e. The van der Waals surface area contributed by atoms with Crippen molar-refractivity contribution in [2.75, 3.05) is 0 Å². The number of hydrogen-bond donors (Lipinski definition) is 3. The molecule has 0 unspecified atom stereocenters. The van der Waals surface area contributed by atoms with E-state index in [0.29, 0.717) is 10.9 Å². The van der Waals surface area contributed by atoms with Crippen molar-refractivity contribution in [1.82, 2.24) is 9.97 Å². The lowest BCUT2D eigenvalue weighted by atomic mass is 9.94. The van der Waals surface area contributed by atoms with E-state index in [-0.39, 0.29) is 103 Å². The van der Waals surface area contributed by atoms with E-state index in [1.807, 2.05) is 0 Å². The minimum absolute atomic E-state index is 0.0178. The number of hydrogen-bond acceptors (Lipinski definition) is 6. The SMILES string of the molecule is O=c1c2ccc3c([nH]c4c5c(=O)c6ccccc6c(=O)c5c5[nH]c6c(Cl)cc(Cl)cc6c(=O)c5c34)c2c(=O)c2cccc(N=C(O)c3ccccc3)c12. The van der Waals surface area contributed by atoms with E-state index in [4.69, 9.17) is 23.2 Å². The van der Waals surface area contributed by atoms with Crippen molar-refractivity contribution in [1.29, 1.82) is 0 Å². The largest absolute Gasteiger partial charge is 0.493 e. The average Bonchev–Trinajstić information content (AvgIpc) is 3.55. The predicted octanol–water partition coefficient (Wildman–Crippen LogP) is 8.19. The van der Waals surface area contributed by atoms with E-state index in [9.17, 15) is 29.1 Å². The van der Waals surface area contributed by atoms with Gasteiger partial charge < -0.3 is 15.1 Å². The first kappa shape index (κ1) is 31.1. The van der Waals surface area contributed by atoms with Crippen molar-refractivity contribution in [2.45, 2.75) is 0 Å². The van der Waals surface area contributed by atoms with Crippen LogP contribution in [0.3, 0.4) is 0 Å². The van der Waals surface area contributed by atoms with Gasteiger partial charge in [0.15, 0.2) is 27.1 Å². The number of benzene rings is 8. The lowest BCUT2D eigenvalue weighted by Crippen LogP contribution is -2.16. The van der Waals surface area contributed by atoms with Crippen molar-refractivity contribution < 1.29 is 5.11 Å². The Morgan fingerprint density at radius 3 is 1.72 bits per heavy atom. The van der Waals surface area contributed by atoms with Crippen LogP contribution in [-0.2, 0) is 0 Å². The maximum absolute atomic E-state index is 14.6. The standard InChI is InChI=1S/C42H19Cl2N3O6/c43-18-15-24-33(25(44)16-18)46-36-30(41(24)52)28-21-13-14-23-29(34(21)47-35(28)31-32(36)38(49)20-10-5-4-9-19(20)37(31)48)40(51)22-11-6-12-26(27(22)39(23)50)45-42(53)17-7-2-1-3-8-17/h1-16,47H,(H,45,53)(H,46,52). The number of nitrogens with one attached hydrogen (secondary N) is 2. The normalized spacial score (nSPS) is 12.5. The third kappa shape index (κ3) is 4.14. The van der Waals surface area contributed by atoms with Crippen LogP contribution in [0.15, 0.2) is 126 Å². The third-order valence-electron chi connectivity index (χ3n) is 10.1. The number of halogens is 2. The fourth-order valence-corrected chi connectivity index (χ4v) is 8.37. The molecule has 0 bridgehead atoms. The topological polar surface area (TPSA) is 150 Å². The van der Waals surface area contributed by atoms with Gasteiger partial charge in [-0.05, 0) is 36.4 Å². The van der Waals surface area contributed by atoms with E-state index in [0.717, 1.165) is 0 Å². The molecule has 0 amide bonds. The van der Waals surface area contributed by atoms with Crippen LogP contribution in [0, 0.1) is 0 Å². The predicted molar refractivity (Wildman–Crippen MR) is 214 cm³/mol. The fourth-order valence-electron chi connectivity index (χ4n) is 7.83. The highest BCUT2D eigenvalue weighted by atomic mass is 35.5. The molecule has 252 valence electrons. The van der Waals surface area contributed by atoms with Gasteiger partial charge in [0, 0.05) is 48.3 Å². The van der Waals surface area contributed by atoms with Crippen LogP contribution >= 0.6 is 23.2 Å². The Morgan fingerprint density at radius 1 is 0.472 bits per heavy atom. The molecule has 0 aliphatic heterocycles. The molecule has 2 heterocycles. The van der Waals surface area contributed by atoms with Crippen molar-refractivity contribution in [3.05, 3.63) is 164 Å². The van der Waals surface area contributed by atoms with Crippen LogP contribution in [0.1, 0.15) is 5.56 Å². The molecule has 2 aromatic heterocycles. The number of rotatable bonds is 2. The fraction of sp³-hybridized carbons (Fsp3) is 0.